The largest absolute Gasteiger partial charge is 0.442 e. The first-order valence-corrected chi connectivity index (χ1v) is 5.33. The molecule has 2 aromatic rings. The molecule has 0 bridgehead atoms. The third-order valence-corrected chi connectivity index (χ3v) is 2.47. The molecule has 2 rings (SSSR count). The quantitative estimate of drug-likeness (QED) is 0.906. The van der Waals surface area contributed by atoms with E-state index in [4.69, 9.17) is 10.5 Å². The Morgan fingerprint density at radius 3 is 2.61 bits per heavy atom. The first kappa shape index (κ1) is 12.1. The summed E-state index contributed by atoms with van der Waals surface area (Å²) < 4.78 is 19.1. The summed E-state index contributed by atoms with van der Waals surface area (Å²) in [6.45, 7) is 1.72. The first-order chi connectivity index (χ1) is 8.56. The Morgan fingerprint density at radius 1 is 1.44 bits per heavy atom. The van der Waals surface area contributed by atoms with Crippen LogP contribution in [-0.2, 0) is 4.74 Å². The lowest BCUT2D eigenvalue weighted by Gasteiger charge is -2.12. The zero-order valence-corrected chi connectivity index (χ0v) is 9.71. The normalized spacial score (nSPS) is 12.1. The molecule has 1 amide bonds. The lowest BCUT2D eigenvalue weighted by Crippen LogP contribution is -2.15. The minimum absolute atomic E-state index is 0.399. The van der Waals surface area contributed by atoms with Crippen molar-refractivity contribution in [2.45, 2.75) is 13.0 Å². The van der Waals surface area contributed by atoms with Crippen molar-refractivity contribution in [1.29, 1.82) is 0 Å². The number of ether oxygens (including phenoxy) is 1. The van der Waals surface area contributed by atoms with E-state index in [9.17, 15) is 9.18 Å². The van der Waals surface area contributed by atoms with Gasteiger partial charge in [-0.1, -0.05) is 12.1 Å². The molecule has 1 heterocycles. The molecule has 6 heteroatoms. The maximum atomic E-state index is 12.8. The third-order valence-electron chi connectivity index (χ3n) is 2.47. The van der Waals surface area contributed by atoms with Crippen LogP contribution in [0.2, 0.25) is 0 Å². The van der Waals surface area contributed by atoms with E-state index in [1.165, 1.54) is 10.9 Å². The van der Waals surface area contributed by atoms with E-state index < -0.39 is 18.0 Å². The Hall–Kier alpha value is -2.37. The third kappa shape index (κ3) is 2.65. The molecular formula is C12H12FN3O2. The number of nitrogens with zero attached hydrogens (tertiary/aromatic N) is 2. The van der Waals surface area contributed by atoms with Crippen molar-refractivity contribution in [3.63, 3.8) is 0 Å². The van der Waals surface area contributed by atoms with Crippen molar-refractivity contribution in [3.8, 4) is 5.69 Å². The van der Waals surface area contributed by atoms with Gasteiger partial charge >= 0.3 is 6.09 Å². The van der Waals surface area contributed by atoms with E-state index in [-0.39, 0.29) is 0 Å². The maximum Gasteiger partial charge on any atom is 0.405 e. The van der Waals surface area contributed by atoms with Crippen LogP contribution in [0.4, 0.5) is 9.18 Å². The molecule has 0 aliphatic rings. The number of aromatic nitrogens is 2. The van der Waals surface area contributed by atoms with Gasteiger partial charge in [0, 0.05) is 0 Å². The van der Waals surface area contributed by atoms with Crippen LogP contribution < -0.4 is 5.73 Å². The van der Waals surface area contributed by atoms with Gasteiger partial charge in [0.05, 0.1) is 18.1 Å². The van der Waals surface area contributed by atoms with Crippen LogP contribution in [0.25, 0.3) is 5.69 Å². The number of halogens is 1. The molecule has 1 aromatic carbocycles. The second-order valence-corrected chi connectivity index (χ2v) is 3.77. The SMILES string of the molecule is C[C@H](OC(N)=O)c1ccc(-n2cc(F)cn2)cc1. The smallest absolute Gasteiger partial charge is 0.405 e. The van der Waals surface area contributed by atoms with Gasteiger partial charge in [-0.3, -0.25) is 0 Å². The predicted molar refractivity (Wildman–Crippen MR) is 62.6 cm³/mol. The summed E-state index contributed by atoms with van der Waals surface area (Å²) in [5.41, 5.74) is 6.45. The lowest BCUT2D eigenvalue weighted by atomic mass is 10.1. The second-order valence-electron chi connectivity index (χ2n) is 3.77. The van der Waals surface area contributed by atoms with Gasteiger partial charge in [-0.25, -0.2) is 13.9 Å². The highest BCUT2D eigenvalue weighted by Gasteiger charge is 2.09. The van der Waals surface area contributed by atoms with E-state index in [0.29, 0.717) is 5.69 Å². The molecule has 0 saturated heterocycles. The Kier molecular flexibility index (Phi) is 3.27. The standard InChI is InChI=1S/C12H12FN3O2/c1-8(18-12(14)17)9-2-4-11(5-3-9)16-7-10(13)6-15-16/h2-8H,1H3,(H2,14,17)/t8-/m0/s1. The second kappa shape index (κ2) is 4.87. The Labute approximate surface area is 103 Å². The number of carbonyl (C=O) groups is 1. The molecule has 0 fully saturated rings. The Balaban J connectivity index is 2.17. The minimum Gasteiger partial charge on any atom is -0.442 e. The summed E-state index contributed by atoms with van der Waals surface area (Å²) in [5.74, 6) is -0.399. The van der Waals surface area contributed by atoms with Crippen LogP contribution in [-0.4, -0.2) is 15.9 Å². The van der Waals surface area contributed by atoms with Crippen LogP contribution in [0.15, 0.2) is 36.7 Å². The molecule has 0 radical (unpaired) electrons. The van der Waals surface area contributed by atoms with Crippen molar-refractivity contribution in [2.75, 3.05) is 0 Å². The first-order valence-electron chi connectivity index (χ1n) is 5.33. The molecule has 0 saturated carbocycles. The van der Waals surface area contributed by atoms with Crippen molar-refractivity contribution < 1.29 is 13.9 Å². The van der Waals surface area contributed by atoms with Crippen molar-refractivity contribution in [3.05, 3.63) is 48.0 Å². The number of carbonyl (C=O) groups excluding carboxylic acids is 1. The van der Waals surface area contributed by atoms with Crippen LogP contribution in [0.5, 0.6) is 0 Å². The van der Waals surface area contributed by atoms with Gasteiger partial charge in [0.1, 0.15) is 6.10 Å². The maximum absolute atomic E-state index is 12.8. The molecule has 1 aromatic heterocycles. The minimum atomic E-state index is -0.819. The van der Waals surface area contributed by atoms with Crippen molar-refractivity contribution >= 4 is 6.09 Å². The van der Waals surface area contributed by atoms with Crippen molar-refractivity contribution in [1.82, 2.24) is 9.78 Å². The van der Waals surface area contributed by atoms with E-state index in [1.54, 1.807) is 31.2 Å². The summed E-state index contributed by atoms with van der Waals surface area (Å²) in [6, 6.07) is 7.04. The molecule has 94 valence electrons. The van der Waals surface area contributed by atoms with Gasteiger partial charge in [-0.2, -0.15) is 5.10 Å². The number of hydrogen-bond acceptors (Lipinski definition) is 3. The van der Waals surface area contributed by atoms with Gasteiger partial charge in [0.2, 0.25) is 0 Å². The number of amides is 1. The number of hydrogen-bond donors (Lipinski definition) is 1. The summed E-state index contributed by atoms with van der Waals surface area (Å²) >= 11 is 0. The van der Waals surface area contributed by atoms with E-state index in [1.807, 2.05) is 0 Å². The van der Waals surface area contributed by atoms with Crippen LogP contribution in [0, 0.1) is 5.82 Å². The van der Waals surface area contributed by atoms with Crippen LogP contribution in [0.3, 0.4) is 0 Å². The fourth-order valence-electron chi connectivity index (χ4n) is 1.58. The van der Waals surface area contributed by atoms with Gasteiger partial charge in [-0.15, -0.1) is 0 Å². The molecule has 5 nitrogen and oxygen atoms in total. The highest BCUT2D eigenvalue weighted by Crippen LogP contribution is 2.18. The lowest BCUT2D eigenvalue weighted by molar-refractivity contribution is 0.116. The molecule has 1 atom stereocenters. The number of rotatable bonds is 3. The zero-order chi connectivity index (χ0) is 13.1. The average Bonchev–Trinajstić information content (AvgIpc) is 2.75. The fourth-order valence-corrected chi connectivity index (χ4v) is 1.58. The molecular weight excluding hydrogens is 237 g/mol. The Morgan fingerprint density at radius 2 is 2.11 bits per heavy atom. The zero-order valence-electron chi connectivity index (χ0n) is 9.71. The molecule has 2 N–H and O–H groups in total. The van der Waals surface area contributed by atoms with Gasteiger partial charge in [0.15, 0.2) is 5.82 Å². The fraction of sp³-hybridized carbons (Fsp3) is 0.167. The van der Waals surface area contributed by atoms with Crippen LogP contribution in [0.1, 0.15) is 18.6 Å². The monoisotopic (exact) mass is 249 g/mol. The summed E-state index contributed by atoms with van der Waals surface area (Å²) in [6.07, 6.45) is 1.16. The topological polar surface area (TPSA) is 70.1 Å². The molecule has 0 aliphatic heterocycles. The van der Waals surface area contributed by atoms with E-state index in [0.717, 1.165) is 11.8 Å². The van der Waals surface area contributed by atoms with Crippen molar-refractivity contribution in [2.24, 2.45) is 5.73 Å². The molecule has 0 aliphatic carbocycles. The number of nitrogens with two attached hydrogens (primary N) is 1. The van der Waals surface area contributed by atoms with Crippen LogP contribution >= 0.6 is 0 Å². The average molecular weight is 249 g/mol. The predicted octanol–water partition coefficient (Wildman–Crippen LogP) is 2.17. The summed E-state index contributed by atoms with van der Waals surface area (Å²) in [7, 11) is 0. The molecule has 18 heavy (non-hydrogen) atoms. The number of benzene rings is 1. The van der Waals surface area contributed by atoms with Gasteiger partial charge < -0.3 is 10.5 Å². The van der Waals surface area contributed by atoms with E-state index >= 15 is 0 Å². The molecule has 0 spiro atoms. The highest BCUT2D eigenvalue weighted by molar-refractivity contribution is 5.65. The summed E-state index contributed by atoms with van der Waals surface area (Å²) in [5, 5.41) is 3.85. The van der Waals surface area contributed by atoms with E-state index in [2.05, 4.69) is 5.10 Å². The Bertz CT molecular complexity index is 551. The van der Waals surface area contributed by atoms with Gasteiger partial charge in [-0.05, 0) is 24.6 Å². The summed E-state index contributed by atoms with van der Waals surface area (Å²) in [4.78, 5) is 10.6. The number of primary amides is 1. The molecule has 0 unspecified atom stereocenters. The highest BCUT2D eigenvalue weighted by atomic mass is 19.1. The van der Waals surface area contributed by atoms with Gasteiger partial charge in [0.25, 0.3) is 0 Å².